The molecule has 1 saturated heterocycles. The molecule has 2 heterocycles. The molecule has 31 heavy (non-hydrogen) atoms. The molecule has 1 N–H and O–H groups in total. The van der Waals surface area contributed by atoms with Gasteiger partial charge in [-0.05, 0) is 56.2 Å². The lowest BCUT2D eigenvalue weighted by molar-refractivity contribution is -0.140. The number of methoxy groups -OCH3 is 1. The Hall–Kier alpha value is -2.90. The first kappa shape index (κ1) is 22.8. The van der Waals surface area contributed by atoms with E-state index in [0.717, 1.165) is 0 Å². The van der Waals surface area contributed by atoms with Gasteiger partial charge in [0.2, 0.25) is 0 Å². The number of rotatable bonds is 8. The number of hydrogen-bond acceptors (Lipinski definition) is 6. The number of ketones is 1. The Kier molecular flexibility index (Phi) is 7.30. The zero-order chi connectivity index (χ0) is 22.5. The molecule has 0 bridgehead atoms. The van der Waals surface area contributed by atoms with E-state index in [-0.39, 0.29) is 17.4 Å². The summed E-state index contributed by atoms with van der Waals surface area (Å²) < 4.78 is 10.8. The maximum atomic E-state index is 13.0. The second-order valence-electron chi connectivity index (χ2n) is 7.40. The zero-order valence-electron chi connectivity index (χ0n) is 17.7. The molecule has 8 heteroatoms. The van der Waals surface area contributed by atoms with Crippen LogP contribution in [0.25, 0.3) is 5.76 Å². The molecule has 1 aromatic carbocycles. The molecule has 7 nitrogen and oxygen atoms in total. The van der Waals surface area contributed by atoms with E-state index >= 15 is 0 Å². The third-order valence-electron chi connectivity index (χ3n) is 4.98. The van der Waals surface area contributed by atoms with Crippen LogP contribution in [0.1, 0.15) is 37.4 Å². The number of ether oxygens (including phenoxy) is 2. The number of aliphatic hydroxyl groups excluding tert-OH is 1. The molecule has 2 aromatic rings. The Morgan fingerprint density at radius 2 is 1.94 bits per heavy atom. The van der Waals surface area contributed by atoms with Gasteiger partial charge in [-0.25, -0.2) is 0 Å². The lowest BCUT2D eigenvalue weighted by Gasteiger charge is -2.25. The summed E-state index contributed by atoms with van der Waals surface area (Å²) in [4.78, 5) is 31.3. The van der Waals surface area contributed by atoms with E-state index in [9.17, 15) is 14.7 Å². The van der Waals surface area contributed by atoms with Crippen LogP contribution in [0, 0.1) is 0 Å². The van der Waals surface area contributed by atoms with Gasteiger partial charge in [0.25, 0.3) is 11.7 Å². The van der Waals surface area contributed by atoms with E-state index < -0.39 is 17.7 Å². The Morgan fingerprint density at radius 3 is 2.58 bits per heavy atom. The van der Waals surface area contributed by atoms with E-state index in [1.54, 1.807) is 36.7 Å². The second kappa shape index (κ2) is 9.94. The van der Waals surface area contributed by atoms with Crippen molar-refractivity contribution in [3.63, 3.8) is 0 Å². The van der Waals surface area contributed by atoms with Gasteiger partial charge in [0.15, 0.2) is 0 Å². The van der Waals surface area contributed by atoms with Crippen LogP contribution in [-0.2, 0) is 14.3 Å². The normalized spacial score (nSPS) is 18.1. The number of aromatic nitrogens is 1. The Balaban J connectivity index is 2.03. The molecule has 1 atom stereocenters. The fourth-order valence-electron chi connectivity index (χ4n) is 3.52. The predicted octanol–water partition coefficient (Wildman–Crippen LogP) is 3.98. The average Bonchev–Trinajstić information content (AvgIpc) is 3.02. The highest BCUT2D eigenvalue weighted by atomic mass is 35.5. The largest absolute Gasteiger partial charge is 0.507 e. The summed E-state index contributed by atoms with van der Waals surface area (Å²) in [5.41, 5.74) is 1.04. The molecule has 0 aliphatic carbocycles. The number of nitrogens with zero attached hydrogens (tertiary/aromatic N) is 2. The van der Waals surface area contributed by atoms with Gasteiger partial charge < -0.3 is 19.5 Å². The summed E-state index contributed by atoms with van der Waals surface area (Å²) in [6, 6.07) is 7.40. The lowest BCUT2D eigenvalue weighted by Crippen LogP contribution is -2.31. The summed E-state index contributed by atoms with van der Waals surface area (Å²) in [6.45, 7) is 4.64. The summed E-state index contributed by atoms with van der Waals surface area (Å²) >= 11 is 6.08. The Labute approximate surface area is 186 Å². The number of likely N-dealkylation sites (tertiary alicyclic amines) is 1. The number of carbonyl (C=O) groups excluding carboxylic acids is 2. The second-order valence-corrected chi connectivity index (χ2v) is 7.80. The van der Waals surface area contributed by atoms with Crippen LogP contribution in [0.2, 0.25) is 5.02 Å². The van der Waals surface area contributed by atoms with Crippen molar-refractivity contribution in [1.29, 1.82) is 0 Å². The van der Waals surface area contributed by atoms with Gasteiger partial charge in [0, 0.05) is 31.1 Å². The van der Waals surface area contributed by atoms with Crippen molar-refractivity contribution in [2.24, 2.45) is 0 Å². The average molecular weight is 445 g/mol. The molecular formula is C23H25ClN2O5. The number of benzene rings is 1. The van der Waals surface area contributed by atoms with E-state index in [1.807, 2.05) is 13.8 Å². The van der Waals surface area contributed by atoms with Gasteiger partial charge in [-0.3, -0.25) is 14.6 Å². The molecule has 1 aliphatic rings. The number of amides is 1. The highest BCUT2D eigenvalue weighted by Gasteiger charge is 2.45. The van der Waals surface area contributed by atoms with Crippen molar-refractivity contribution in [2.75, 3.05) is 20.3 Å². The fourth-order valence-corrected chi connectivity index (χ4v) is 3.71. The van der Waals surface area contributed by atoms with E-state index in [4.69, 9.17) is 21.1 Å². The Bertz CT molecular complexity index is 991. The topological polar surface area (TPSA) is 89.0 Å². The monoisotopic (exact) mass is 444 g/mol. The first-order valence-corrected chi connectivity index (χ1v) is 10.4. The molecule has 3 rings (SSSR count). The van der Waals surface area contributed by atoms with Crippen molar-refractivity contribution in [2.45, 2.75) is 32.4 Å². The van der Waals surface area contributed by atoms with Crippen LogP contribution in [0.15, 0.2) is 48.3 Å². The highest BCUT2D eigenvalue weighted by molar-refractivity contribution is 6.46. The van der Waals surface area contributed by atoms with Crippen LogP contribution < -0.4 is 4.74 Å². The van der Waals surface area contributed by atoms with Crippen molar-refractivity contribution >= 4 is 29.1 Å². The maximum absolute atomic E-state index is 13.0. The number of halogens is 1. The summed E-state index contributed by atoms with van der Waals surface area (Å²) in [5.74, 6) is -1.32. The van der Waals surface area contributed by atoms with Crippen LogP contribution in [0.3, 0.4) is 0 Å². The Morgan fingerprint density at radius 1 is 1.23 bits per heavy atom. The van der Waals surface area contributed by atoms with Gasteiger partial charge in [-0.1, -0.05) is 11.6 Å². The minimum absolute atomic E-state index is 0.0188. The van der Waals surface area contributed by atoms with Gasteiger partial charge in [-0.15, -0.1) is 0 Å². The van der Waals surface area contributed by atoms with Gasteiger partial charge in [0.1, 0.15) is 11.5 Å². The van der Waals surface area contributed by atoms with Crippen LogP contribution in [-0.4, -0.2) is 53.0 Å². The molecule has 1 unspecified atom stereocenters. The van der Waals surface area contributed by atoms with Crippen LogP contribution in [0.5, 0.6) is 5.75 Å². The standard InChI is InChI=1S/C23H25ClN2O5/c1-14(2)31-12-4-11-26-20(15-7-9-25-10-8-15)19(22(28)23(26)29)21(27)16-5-6-17(24)18(13-16)30-3/h5-10,13-14,20,27H,4,11-12H2,1-3H3/b21-19-. The van der Waals surface area contributed by atoms with Crippen molar-refractivity contribution in [3.05, 3.63) is 64.4 Å². The highest BCUT2D eigenvalue weighted by Crippen LogP contribution is 2.40. The summed E-state index contributed by atoms with van der Waals surface area (Å²) in [6.07, 6.45) is 3.80. The number of carbonyl (C=O) groups is 2. The fraction of sp³-hybridized carbons (Fsp3) is 0.348. The van der Waals surface area contributed by atoms with Crippen molar-refractivity contribution < 1.29 is 24.2 Å². The molecule has 0 radical (unpaired) electrons. The number of aliphatic hydroxyl groups is 1. The maximum Gasteiger partial charge on any atom is 0.295 e. The van der Waals surface area contributed by atoms with Crippen molar-refractivity contribution in [3.8, 4) is 5.75 Å². The summed E-state index contributed by atoms with van der Waals surface area (Å²) in [5, 5.41) is 11.4. The zero-order valence-corrected chi connectivity index (χ0v) is 18.4. The molecule has 1 amide bonds. The number of pyridine rings is 1. The molecule has 1 aliphatic heterocycles. The molecule has 0 saturated carbocycles. The predicted molar refractivity (Wildman–Crippen MR) is 117 cm³/mol. The number of Topliss-reactive ketones (excluding diaryl/α,β-unsaturated/α-hetero) is 1. The van der Waals surface area contributed by atoms with E-state index in [0.29, 0.717) is 41.5 Å². The molecular weight excluding hydrogens is 420 g/mol. The molecule has 1 aromatic heterocycles. The smallest absolute Gasteiger partial charge is 0.295 e. The number of hydrogen-bond donors (Lipinski definition) is 1. The summed E-state index contributed by atoms with van der Waals surface area (Å²) in [7, 11) is 1.46. The van der Waals surface area contributed by atoms with E-state index in [2.05, 4.69) is 4.98 Å². The minimum atomic E-state index is -0.738. The first-order chi connectivity index (χ1) is 14.8. The SMILES string of the molecule is COc1cc(/C(O)=C2/C(=O)C(=O)N(CCCOC(C)C)C2c2ccncc2)ccc1Cl. The third-order valence-corrected chi connectivity index (χ3v) is 5.29. The molecule has 1 fully saturated rings. The minimum Gasteiger partial charge on any atom is -0.507 e. The molecule has 0 spiro atoms. The third kappa shape index (κ3) is 4.89. The first-order valence-electron chi connectivity index (χ1n) is 9.99. The van der Waals surface area contributed by atoms with Gasteiger partial charge in [0.05, 0.1) is 29.9 Å². The quantitative estimate of drug-likeness (QED) is 0.287. The van der Waals surface area contributed by atoms with Gasteiger partial charge >= 0.3 is 0 Å². The van der Waals surface area contributed by atoms with Crippen LogP contribution in [0.4, 0.5) is 0 Å². The van der Waals surface area contributed by atoms with E-state index in [1.165, 1.54) is 18.1 Å². The lowest BCUT2D eigenvalue weighted by atomic mass is 9.96. The van der Waals surface area contributed by atoms with Gasteiger partial charge in [-0.2, -0.15) is 0 Å². The van der Waals surface area contributed by atoms with Crippen LogP contribution >= 0.6 is 11.6 Å². The van der Waals surface area contributed by atoms with Crippen molar-refractivity contribution in [1.82, 2.24) is 9.88 Å². The molecule has 164 valence electrons.